The van der Waals surface area contributed by atoms with Crippen molar-refractivity contribution in [1.29, 1.82) is 0 Å². The summed E-state index contributed by atoms with van der Waals surface area (Å²) in [5.74, 6) is 1.22. The number of carbonyl (C=O) groups excluding carboxylic acids is 1. The summed E-state index contributed by atoms with van der Waals surface area (Å²) in [5, 5.41) is 10.7. The van der Waals surface area contributed by atoms with Crippen LogP contribution in [0.5, 0.6) is 5.75 Å². The van der Waals surface area contributed by atoms with Crippen LogP contribution in [0.4, 0.5) is 0 Å². The number of aryl methyl sites for hydroxylation is 1. The third-order valence-electron chi connectivity index (χ3n) is 11.5. The lowest BCUT2D eigenvalue weighted by atomic mass is 9.43. The predicted molar refractivity (Wildman–Crippen MR) is 143 cm³/mol. The largest absolute Gasteiger partial charge is 0.508 e. The Labute approximate surface area is 219 Å². The van der Waals surface area contributed by atoms with Crippen molar-refractivity contribution < 1.29 is 9.90 Å². The number of fused-ring (bicyclic) bond motifs is 1. The Hall–Kier alpha value is -2.60. The molecule has 0 spiro atoms. The number of carbonyl (C=O) groups is 1. The van der Waals surface area contributed by atoms with Crippen molar-refractivity contribution >= 4 is 5.91 Å². The van der Waals surface area contributed by atoms with Gasteiger partial charge in [-0.2, -0.15) is 0 Å². The van der Waals surface area contributed by atoms with Gasteiger partial charge in [-0.25, -0.2) is 0 Å². The zero-order valence-corrected chi connectivity index (χ0v) is 22.3. The summed E-state index contributed by atoms with van der Waals surface area (Å²) in [6.45, 7) is 3.55. The third-order valence-corrected chi connectivity index (χ3v) is 11.5. The van der Waals surface area contributed by atoms with Crippen molar-refractivity contribution in [2.24, 2.45) is 24.3 Å². The first-order chi connectivity index (χ1) is 17.8. The Morgan fingerprint density at radius 3 is 2.68 bits per heavy atom. The zero-order valence-electron chi connectivity index (χ0n) is 22.3. The smallest absolute Gasteiger partial charge is 0.255 e. The van der Waals surface area contributed by atoms with E-state index in [2.05, 4.69) is 24.0 Å². The molecule has 0 radical (unpaired) electrons. The van der Waals surface area contributed by atoms with Gasteiger partial charge in [0.25, 0.3) is 5.91 Å². The number of nitrogens with zero attached hydrogens (tertiary/aromatic N) is 3. The molecule has 6 heteroatoms. The Balaban J connectivity index is 1.34. The highest BCUT2D eigenvalue weighted by Crippen LogP contribution is 2.74. The van der Waals surface area contributed by atoms with Crippen LogP contribution in [0.1, 0.15) is 73.4 Å². The molecule has 4 aliphatic carbocycles. The summed E-state index contributed by atoms with van der Waals surface area (Å²) in [4.78, 5) is 30.6. The molecule has 6 atom stereocenters. The van der Waals surface area contributed by atoms with Crippen LogP contribution in [0.2, 0.25) is 0 Å². The first kappa shape index (κ1) is 23.5. The molecular weight excluding hydrogens is 462 g/mol. The first-order valence-electron chi connectivity index (χ1n) is 14.3. The topological polar surface area (TPSA) is 65.8 Å². The fourth-order valence-corrected chi connectivity index (χ4v) is 10.0. The van der Waals surface area contributed by atoms with Gasteiger partial charge in [0.05, 0.1) is 5.56 Å². The van der Waals surface area contributed by atoms with Crippen LogP contribution in [-0.2, 0) is 18.9 Å². The van der Waals surface area contributed by atoms with Crippen molar-refractivity contribution in [3.05, 3.63) is 63.6 Å². The third kappa shape index (κ3) is 2.96. The Morgan fingerprint density at radius 2 is 1.95 bits per heavy atom. The van der Waals surface area contributed by atoms with Crippen LogP contribution in [0.3, 0.4) is 0 Å². The highest BCUT2D eigenvalue weighted by atomic mass is 16.3. The maximum absolute atomic E-state index is 13.8. The second-order valence-corrected chi connectivity index (χ2v) is 12.9. The summed E-state index contributed by atoms with van der Waals surface area (Å²) >= 11 is 0. The molecule has 1 aliphatic heterocycles. The molecule has 4 fully saturated rings. The van der Waals surface area contributed by atoms with Gasteiger partial charge >= 0.3 is 0 Å². The number of pyridine rings is 1. The highest BCUT2D eigenvalue weighted by molar-refractivity contribution is 5.94. The lowest BCUT2D eigenvalue weighted by molar-refractivity contribution is -0.124. The molecule has 3 saturated carbocycles. The van der Waals surface area contributed by atoms with Crippen LogP contribution >= 0.6 is 0 Å². The normalized spacial score (nSPS) is 36.4. The average molecular weight is 502 g/mol. The SMILES string of the molecule is C[C@H]1CC23CCC(N(C)C(=O)c4ccc(=O)n(C)c4)C1C21CCN(C2CCC2)C3Cc2ccc(O)cc21. The molecule has 2 aromatic rings. The number of piperidine rings is 1. The predicted octanol–water partition coefficient (Wildman–Crippen LogP) is 4.09. The summed E-state index contributed by atoms with van der Waals surface area (Å²) in [6.07, 6.45) is 11.3. The van der Waals surface area contributed by atoms with Gasteiger partial charge in [0.1, 0.15) is 5.75 Å². The number of hydrogen-bond acceptors (Lipinski definition) is 4. The summed E-state index contributed by atoms with van der Waals surface area (Å²) < 4.78 is 1.49. The second-order valence-electron chi connectivity index (χ2n) is 12.9. The van der Waals surface area contributed by atoms with E-state index in [4.69, 9.17) is 0 Å². The molecule has 37 heavy (non-hydrogen) atoms. The molecule has 196 valence electrons. The van der Waals surface area contributed by atoms with Gasteiger partial charge in [0, 0.05) is 49.9 Å². The van der Waals surface area contributed by atoms with Gasteiger partial charge < -0.3 is 14.6 Å². The quantitative estimate of drug-likeness (QED) is 0.688. The first-order valence-corrected chi connectivity index (χ1v) is 14.3. The monoisotopic (exact) mass is 501 g/mol. The second kappa shape index (κ2) is 7.95. The van der Waals surface area contributed by atoms with E-state index in [9.17, 15) is 14.7 Å². The molecule has 1 amide bonds. The van der Waals surface area contributed by atoms with Crippen LogP contribution in [0, 0.1) is 17.3 Å². The fraction of sp³-hybridized carbons (Fsp3) is 0.613. The van der Waals surface area contributed by atoms with Gasteiger partial charge in [0.15, 0.2) is 0 Å². The van der Waals surface area contributed by atoms with E-state index in [-0.39, 0.29) is 28.3 Å². The minimum atomic E-state index is -0.104. The summed E-state index contributed by atoms with van der Waals surface area (Å²) in [5.41, 5.74) is 3.46. The van der Waals surface area contributed by atoms with Crippen molar-refractivity contribution in [1.82, 2.24) is 14.4 Å². The van der Waals surface area contributed by atoms with Gasteiger partial charge in [0.2, 0.25) is 5.56 Å². The molecule has 7 rings (SSSR count). The van der Waals surface area contributed by atoms with Crippen molar-refractivity contribution in [2.75, 3.05) is 13.6 Å². The molecule has 1 saturated heterocycles. The molecular formula is C31H39N3O3. The molecule has 4 bridgehead atoms. The van der Waals surface area contributed by atoms with Gasteiger partial charge in [-0.05, 0) is 98.1 Å². The standard InChI is InChI=1S/C31H39N3O3/c1-19-17-30-12-11-25(33(3)29(37)21-8-10-27(36)32(2)18-21)28(19)31(30)13-14-34(22-5-4-6-22)26(30)15-20-7-9-23(35)16-24(20)31/h7-10,16,18-19,22,25-26,28,35H,4-6,11-15,17H2,1-3H3/t19-,25?,26?,28?,30?,31?/m0/s1. The number of aromatic hydroxyl groups is 1. The maximum atomic E-state index is 13.8. The van der Waals surface area contributed by atoms with E-state index in [1.807, 2.05) is 18.0 Å². The number of likely N-dealkylation sites (tertiary alicyclic amines) is 1. The number of phenolic OH excluding ortho intramolecular Hbond substituents is 1. The molecule has 2 heterocycles. The minimum absolute atomic E-state index is 0.000930. The molecule has 1 N–H and O–H groups in total. The van der Waals surface area contributed by atoms with Crippen molar-refractivity contribution in [3.8, 4) is 5.75 Å². The average Bonchev–Trinajstić information content (AvgIpc) is 3.02. The number of phenols is 1. The van der Waals surface area contributed by atoms with Crippen molar-refractivity contribution in [3.63, 3.8) is 0 Å². The highest BCUT2D eigenvalue weighted by Gasteiger charge is 2.74. The van der Waals surface area contributed by atoms with E-state index in [0.717, 1.165) is 38.3 Å². The molecule has 1 aromatic carbocycles. The van der Waals surface area contributed by atoms with Gasteiger partial charge in [-0.15, -0.1) is 0 Å². The van der Waals surface area contributed by atoms with E-state index >= 15 is 0 Å². The Kier molecular flexibility index (Phi) is 5.05. The van der Waals surface area contributed by atoms with Gasteiger partial charge in [-0.3, -0.25) is 14.5 Å². The van der Waals surface area contributed by atoms with Crippen molar-refractivity contribution in [2.45, 2.75) is 81.8 Å². The van der Waals surface area contributed by atoms with Crippen LogP contribution in [0.15, 0.2) is 41.3 Å². The van der Waals surface area contributed by atoms with E-state index < -0.39 is 0 Å². The molecule has 1 aromatic heterocycles. The summed E-state index contributed by atoms with van der Waals surface area (Å²) in [6, 6.07) is 10.7. The van der Waals surface area contributed by atoms with E-state index in [1.165, 1.54) is 47.4 Å². The lowest BCUT2D eigenvalue weighted by Gasteiger charge is -2.68. The number of hydrogen-bond donors (Lipinski definition) is 1. The number of rotatable bonds is 3. The van der Waals surface area contributed by atoms with Crippen LogP contribution < -0.4 is 5.56 Å². The van der Waals surface area contributed by atoms with E-state index in [1.54, 1.807) is 19.3 Å². The molecule has 5 unspecified atom stereocenters. The minimum Gasteiger partial charge on any atom is -0.508 e. The number of amides is 1. The van der Waals surface area contributed by atoms with Gasteiger partial charge in [-0.1, -0.05) is 19.4 Å². The molecule has 6 nitrogen and oxygen atoms in total. The lowest BCUT2D eigenvalue weighted by Crippen LogP contribution is -2.71. The maximum Gasteiger partial charge on any atom is 0.255 e. The van der Waals surface area contributed by atoms with E-state index in [0.29, 0.717) is 29.2 Å². The van der Waals surface area contributed by atoms with Crippen LogP contribution in [-0.4, -0.2) is 57.1 Å². The summed E-state index contributed by atoms with van der Waals surface area (Å²) in [7, 11) is 3.67. The Morgan fingerprint density at radius 1 is 1.14 bits per heavy atom. The zero-order chi connectivity index (χ0) is 25.7. The Bertz CT molecular complexity index is 1330. The molecule has 5 aliphatic rings. The number of benzene rings is 1. The number of aromatic nitrogens is 1. The fourth-order valence-electron chi connectivity index (χ4n) is 10.0. The van der Waals surface area contributed by atoms with Crippen LogP contribution in [0.25, 0.3) is 0 Å².